The Kier molecular flexibility index (Phi) is 6.91. The van der Waals surface area contributed by atoms with Gasteiger partial charge in [-0.3, -0.25) is 0 Å². The third-order valence-electron chi connectivity index (χ3n) is 7.53. The van der Waals surface area contributed by atoms with Gasteiger partial charge in [0.2, 0.25) is 0 Å². The first-order chi connectivity index (χ1) is 19.2. The summed E-state index contributed by atoms with van der Waals surface area (Å²) in [6.45, 7) is 0. The first kappa shape index (κ1) is 24.6. The van der Waals surface area contributed by atoms with E-state index in [-0.39, 0.29) is 5.92 Å². The minimum Gasteiger partial charge on any atom is -0.376 e. The fourth-order valence-corrected chi connectivity index (χ4v) is 5.50. The molecule has 0 unspecified atom stereocenters. The average Bonchev–Trinajstić information content (AvgIpc) is 3.03. The molecule has 0 fully saturated rings. The summed E-state index contributed by atoms with van der Waals surface area (Å²) in [5.41, 5.74) is 7.39. The second-order valence-electron chi connectivity index (χ2n) is 9.90. The fourth-order valence-electron chi connectivity index (χ4n) is 5.50. The molecule has 0 aromatic heterocycles. The monoisotopic (exact) mass is 502 g/mol. The Morgan fingerprint density at radius 1 is 0.333 bits per heavy atom. The summed E-state index contributed by atoms with van der Waals surface area (Å²) in [5, 5.41) is 12.1. The highest BCUT2D eigenvalue weighted by molar-refractivity contribution is 5.65. The van der Waals surface area contributed by atoms with Crippen LogP contribution < -0.4 is 0 Å². The van der Waals surface area contributed by atoms with Crippen molar-refractivity contribution in [1.29, 1.82) is 0 Å². The van der Waals surface area contributed by atoms with Gasteiger partial charge in [0.25, 0.3) is 0 Å². The van der Waals surface area contributed by atoms with Crippen molar-refractivity contribution < 1.29 is 5.11 Å². The lowest BCUT2D eigenvalue weighted by molar-refractivity contribution is 0.125. The van der Waals surface area contributed by atoms with Gasteiger partial charge in [0, 0.05) is 5.92 Å². The van der Waals surface area contributed by atoms with E-state index < -0.39 is 5.60 Å². The van der Waals surface area contributed by atoms with Gasteiger partial charge >= 0.3 is 0 Å². The molecule has 1 heteroatoms. The largest absolute Gasteiger partial charge is 0.376 e. The summed E-state index contributed by atoms with van der Waals surface area (Å²) in [7, 11) is 0. The summed E-state index contributed by atoms with van der Waals surface area (Å²) >= 11 is 0. The van der Waals surface area contributed by atoms with Gasteiger partial charge in [-0.2, -0.15) is 0 Å². The van der Waals surface area contributed by atoms with Gasteiger partial charge < -0.3 is 5.11 Å². The van der Waals surface area contributed by atoms with Crippen molar-refractivity contribution in [3.05, 3.63) is 203 Å². The van der Waals surface area contributed by atoms with Gasteiger partial charge in [-0.1, -0.05) is 170 Å². The van der Waals surface area contributed by atoms with Crippen LogP contribution >= 0.6 is 0 Å². The number of hydrogen-bond acceptors (Lipinski definition) is 1. The number of aliphatic hydroxyl groups is 1. The van der Waals surface area contributed by atoms with E-state index in [0.717, 1.165) is 27.8 Å². The number of benzene rings is 6. The first-order valence-electron chi connectivity index (χ1n) is 13.4. The van der Waals surface area contributed by atoms with Crippen LogP contribution in [0.1, 0.15) is 39.3 Å². The summed E-state index contributed by atoms with van der Waals surface area (Å²) < 4.78 is 0. The van der Waals surface area contributed by atoms with E-state index in [1.165, 1.54) is 16.7 Å². The van der Waals surface area contributed by atoms with E-state index >= 15 is 0 Å². The van der Waals surface area contributed by atoms with Gasteiger partial charge in [0.05, 0.1) is 0 Å². The summed E-state index contributed by atoms with van der Waals surface area (Å²) in [5.74, 6) is 0.176. The molecule has 1 N–H and O–H groups in total. The molecule has 0 saturated carbocycles. The predicted octanol–water partition coefficient (Wildman–Crippen LogP) is 8.82. The molecule has 0 bridgehead atoms. The predicted molar refractivity (Wildman–Crippen MR) is 161 cm³/mol. The maximum Gasteiger partial charge on any atom is 0.140 e. The third kappa shape index (κ3) is 4.93. The van der Waals surface area contributed by atoms with E-state index in [1.807, 2.05) is 72.8 Å². The molecule has 1 nitrogen and oxygen atoms in total. The number of rotatable bonds is 7. The maximum atomic E-state index is 12.1. The lowest BCUT2D eigenvalue weighted by Crippen LogP contribution is -2.28. The second-order valence-corrected chi connectivity index (χ2v) is 9.90. The van der Waals surface area contributed by atoms with Crippen molar-refractivity contribution in [2.45, 2.75) is 11.5 Å². The van der Waals surface area contributed by atoms with Crippen LogP contribution in [0.5, 0.6) is 0 Å². The van der Waals surface area contributed by atoms with Crippen molar-refractivity contribution in [2.75, 3.05) is 0 Å². The van der Waals surface area contributed by atoms with Gasteiger partial charge in [-0.25, -0.2) is 0 Å². The van der Waals surface area contributed by atoms with Crippen LogP contribution in [0.3, 0.4) is 0 Å². The van der Waals surface area contributed by atoms with Gasteiger partial charge in [0.1, 0.15) is 5.60 Å². The van der Waals surface area contributed by atoms with E-state index in [1.54, 1.807) is 0 Å². The van der Waals surface area contributed by atoms with Crippen molar-refractivity contribution in [2.24, 2.45) is 0 Å². The van der Waals surface area contributed by atoms with Crippen molar-refractivity contribution >= 4 is 0 Å². The molecule has 0 saturated heterocycles. The van der Waals surface area contributed by atoms with E-state index in [4.69, 9.17) is 0 Å². The zero-order valence-corrected chi connectivity index (χ0v) is 21.7. The normalized spacial score (nSPS) is 11.4. The molecule has 0 aliphatic rings. The minimum atomic E-state index is -1.23. The molecule has 0 amide bonds. The summed E-state index contributed by atoms with van der Waals surface area (Å²) in [4.78, 5) is 0. The topological polar surface area (TPSA) is 20.2 Å². The summed E-state index contributed by atoms with van der Waals surface area (Å²) in [6, 6.07) is 58.3. The molecule has 0 aliphatic carbocycles. The van der Waals surface area contributed by atoms with Crippen LogP contribution in [0, 0.1) is 0 Å². The van der Waals surface area contributed by atoms with Crippen LogP contribution in [0.15, 0.2) is 170 Å². The zero-order valence-electron chi connectivity index (χ0n) is 21.7. The second kappa shape index (κ2) is 10.9. The van der Waals surface area contributed by atoms with Crippen molar-refractivity contribution in [3.8, 4) is 11.1 Å². The highest BCUT2D eigenvalue weighted by Crippen LogP contribution is 2.38. The molecule has 0 spiro atoms. The fraction of sp³-hybridized carbons (Fsp3) is 0.0526. The van der Waals surface area contributed by atoms with Crippen LogP contribution in [0.2, 0.25) is 0 Å². The Morgan fingerprint density at radius 2 is 0.641 bits per heavy atom. The molecular formula is C38H30O. The molecule has 0 radical (unpaired) electrons. The molecule has 6 aromatic carbocycles. The maximum absolute atomic E-state index is 12.1. The minimum absolute atomic E-state index is 0.176. The van der Waals surface area contributed by atoms with Crippen molar-refractivity contribution in [3.63, 3.8) is 0 Å². The third-order valence-corrected chi connectivity index (χ3v) is 7.53. The lowest BCUT2D eigenvalue weighted by Gasteiger charge is -2.30. The smallest absolute Gasteiger partial charge is 0.140 e. The van der Waals surface area contributed by atoms with Crippen LogP contribution in [0.25, 0.3) is 11.1 Å². The van der Waals surface area contributed by atoms with Gasteiger partial charge in [0.15, 0.2) is 0 Å². The van der Waals surface area contributed by atoms with Crippen LogP contribution in [-0.4, -0.2) is 5.11 Å². The highest BCUT2D eigenvalue weighted by atomic mass is 16.3. The Bertz CT molecular complexity index is 1530. The molecule has 0 heterocycles. The van der Waals surface area contributed by atoms with Crippen LogP contribution in [-0.2, 0) is 5.60 Å². The molecule has 0 aliphatic heterocycles. The standard InChI is InChI=1S/C38H30O/c39-38(34-17-9-3-10-18-34,35-19-11-4-12-20-35)36-27-25-30(26-28-36)29-21-23-33(24-22-29)37(31-13-5-1-6-14-31)32-15-7-2-8-16-32/h1-28,37,39H. The molecule has 6 aromatic rings. The van der Waals surface area contributed by atoms with Gasteiger partial charge in [-0.05, 0) is 44.5 Å². The quantitative estimate of drug-likeness (QED) is 0.216. The van der Waals surface area contributed by atoms with E-state index in [0.29, 0.717) is 0 Å². The molecule has 39 heavy (non-hydrogen) atoms. The Balaban J connectivity index is 1.34. The molecule has 6 rings (SSSR count). The molecule has 188 valence electrons. The van der Waals surface area contributed by atoms with Crippen molar-refractivity contribution in [1.82, 2.24) is 0 Å². The average molecular weight is 503 g/mol. The Labute approximate surface area is 230 Å². The van der Waals surface area contributed by atoms with E-state index in [9.17, 15) is 5.11 Å². The SMILES string of the molecule is OC(c1ccccc1)(c1ccccc1)c1ccc(-c2ccc(C(c3ccccc3)c3ccccc3)cc2)cc1. The summed E-state index contributed by atoms with van der Waals surface area (Å²) in [6.07, 6.45) is 0. The molecular weight excluding hydrogens is 472 g/mol. The molecule has 0 atom stereocenters. The lowest BCUT2D eigenvalue weighted by atomic mass is 9.80. The zero-order chi connectivity index (χ0) is 26.5. The Morgan fingerprint density at radius 3 is 1.05 bits per heavy atom. The Hall–Kier alpha value is -4.72. The highest BCUT2D eigenvalue weighted by Gasteiger charge is 2.33. The van der Waals surface area contributed by atoms with E-state index in [2.05, 4.69) is 97.1 Å². The number of hydrogen-bond donors (Lipinski definition) is 1. The first-order valence-corrected chi connectivity index (χ1v) is 13.4. The van der Waals surface area contributed by atoms with Gasteiger partial charge in [-0.15, -0.1) is 0 Å². The van der Waals surface area contributed by atoms with Crippen LogP contribution in [0.4, 0.5) is 0 Å².